The van der Waals surface area contributed by atoms with Gasteiger partial charge in [-0.2, -0.15) is 0 Å². The molecule has 1 atom stereocenters. The molecule has 0 saturated carbocycles. The van der Waals surface area contributed by atoms with Gasteiger partial charge in [-0.05, 0) is 51.6 Å². The molecule has 0 bridgehead atoms. The molecule has 1 aliphatic rings. The van der Waals surface area contributed by atoms with Gasteiger partial charge in [0.25, 0.3) is 0 Å². The number of rotatable bonds is 3. The second-order valence-corrected chi connectivity index (χ2v) is 4.83. The first-order valence-electron chi connectivity index (χ1n) is 6.04. The van der Waals surface area contributed by atoms with Crippen LogP contribution in [0.4, 0.5) is 0 Å². The summed E-state index contributed by atoms with van der Waals surface area (Å²) in [7, 11) is 0. The zero-order valence-corrected chi connectivity index (χ0v) is 9.84. The van der Waals surface area contributed by atoms with E-state index in [0.29, 0.717) is 0 Å². The number of benzene rings is 1. The highest BCUT2D eigenvalue weighted by Gasteiger charge is 2.13. The Morgan fingerprint density at radius 2 is 1.93 bits per heavy atom. The van der Waals surface area contributed by atoms with Gasteiger partial charge in [0, 0.05) is 6.04 Å². The molecule has 1 heterocycles. The summed E-state index contributed by atoms with van der Waals surface area (Å²) in [5.74, 6) is 0. The van der Waals surface area contributed by atoms with Crippen molar-refractivity contribution < 1.29 is 0 Å². The van der Waals surface area contributed by atoms with Gasteiger partial charge in [0.1, 0.15) is 0 Å². The van der Waals surface area contributed by atoms with Crippen molar-refractivity contribution in [2.24, 2.45) is 0 Å². The minimum atomic E-state index is 0.769. The van der Waals surface area contributed by atoms with Crippen LogP contribution in [0.25, 0.3) is 0 Å². The number of hydrogen-bond acceptors (Lipinski definition) is 1. The van der Waals surface area contributed by atoms with Gasteiger partial charge < -0.3 is 5.32 Å². The van der Waals surface area contributed by atoms with Crippen LogP contribution in [-0.2, 0) is 6.42 Å². The predicted molar refractivity (Wildman–Crippen MR) is 65.3 cm³/mol. The summed E-state index contributed by atoms with van der Waals surface area (Å²) in [6.07, 6.45) is 5.24. The highest BCUT2D eigenvalue weighted by atomic mass is 14.9. The Hall–Kier alpha value is -0.820. The molecule has 1 N–H and O–H groups in total. The fourth-order valence-electron chi connectivity index (χ4n) is 2.56. The second kappa shape index (κ2) is 4.80. The van der Waals surface area contributed by atoms with Gasteiger partial charge in [-0.25, -0.2) is 0 Å². The third kappa shape index (κ3) is 3.07. The van der Waals surface area contributed by atoms with Crippen LogP contribution in [0.5, 0.6) is 0 Å². The molecule has 0 aromatic heterocycles. The Balaban J connectivity index is 1.92. The zero-order chi connectivity index (χ0) is 10.7. The summed E-state index contributed by atoms with van der Waals surface area (Å²) in [5.41, 5.74) is 4.29. The Morgan fingerprint density at radius 3 is 2.53 bits per heavy atom. The van der Waals surface area contributed by atoms with Crippen molar-refractivity contribution >= 4 is 0 Å². The lowest BCUT2D eigenvalue weighted by molar-refractivity contribution is 0.559. The standard InChI is InChI=1S/C14H21N/c1-11-8-12(2)10-13(9-11)5-6-14-4-3-7-15-14/h8-10,14-15H,3-7H2,1-2H3/t14-/m0/s1. The maximum atomic E-state index is 3.56. The molecule has 82 valence electrons. The number of aryl methyl sites for hydroxylation is 3. The SMILES string of the molecule is Cc1cc(C)cc(CC[C@@H]2CCCN2)c1. The minimum Gasteiger partial charge on any atom is -0.314 e. The smallest absolute Gasteiger partial charge is 0.00707 e. The van der Waals surface area contributed by atoms with E-state index in [4.69, 9.17) is 0 Å². The number of hydrogen-bond donors (Lipinski definition) is 1. The molecule has 1 aromatic rings. The first kappa shape index (κ1) is 10.7. The van der Waals surface area contributed by atoms with Gasteiger partial charge in [0.15, 0.2) is 0 Å². The molecule has 2 rings (SSSR count). The first-order valence-corrected chi connectivity index (χ1v) is 6.04. The Kier molecular flexibility index (Phi) is 3.42. The molecule has 1 heteroatoms. The van der Waals surface area contributed by atoms with E-state index in [1.807, 2.05) is 0 Å². The van der Waals surface area contributed by atoms with E-state index in [1.54, 1.807) is 0 Å². The highest BCUT2D eigenvalue weighted by Crippen LogP contribution is 2.15. The molecule has 0 spiro atoms. The molecule has 1 aromatic carbocycles. The van der Waals surface area contributed by atoms with Crippen LogP contribution >= 0.6 is 0 Å². The van der Waals surface area contributed by atoms with Crippen LogP contribution < -0.4 is 5.32 Å². The lowest BCUT2D eigenvalue weighted by Gasteiger charge is -2.10. The second-order valence-electron chi connectivity index (χ2n) is 4.83. The zero-order valence-electron chi connectivity index (χ0n) is 9.84. The van der Waals surface area contributed by atoms with Crippen molar-refractivity contribution in [2.45, 2.75) is 45.6 Å². The molecule has 1 fully saturated rings. The van der Waals surface area contributed by atoms with Gasteiger partial charge >= 0.3 is 0 Å². The highest BCUT2D eigenvalue weighted by molar-refractivity contribution is 5.28. The van der Waals surface area contributed by atoms with E-state index < -0.39 is 0 Å². The molecule has 0 aliphatic carbocycles. The fraction of sp³-hybridized carbons (Fsp3) is 0.571. The van der Waals surface area contributed by atoms with Crippen molar-refractivity contribution in [2.75, 3.05) is 6.54 Å². The van der Waals surface area contributed by atoms with Gasteiger partial charge in [-0.3, -0.25) is 0 Å². The maximum Gasteiger partial charge on any atom is 0.00707 e. The lowest BCUT2D eigenvalue weighted by atomic mass is 10.0. The van der Waals surface area contributed by atoms with E-state index in [2.05, 4.69) is 37.4 Å². The molecule has 0 amide bonds. The van der Waals surface area contributed by atoms with Crippen LogP contribution in [0.2, 0.25) is 0 Å². The van der Waals surface area contributed by atoms with E-state index in [-0.39, 0.29) is 0 Å². The Labute approximate surface area is 92.9 Å². The van der Waals surface area contributed by atoms with Crippen molar-refractivity contribution in [1.29, 1.82) is 0 Å². The van der Waals surface area contributed by atoms with Gasteiger partial charge in [-0.1, -0.05) is 29.3 Å². The summed E-state index contributed by atoms with van der Waals surface area (Å²) < 4.78 is 0. The van der Waals surface area contributed by atoms with Gasteiger partial charge in [0.05, 0.1) is 0 Å². The molecule has 0 radical (unpaired) electrons. The Morgan fingerprint density at radius 1 is 1.20 bits per heavy atom. The van der Waals surface area contributed by atoms with Crippen molar-refractivity contribution in [3.8, 4) is 0 Å². The lowest BCUT2D eigenvalue weighted by Crippen LogP contribution is -2.21. The summed E-state index contributed by atoms with van der Waals surface area (Å²) in [5, 5.41) is 3.56. The largest absolute Gasteiger partial charge is 0.314 e. The summed E-state index contributed by atoms with van der Waals surface area (Å²) in [6, 6.07) is 7.66. The quantitative estimate of drug-likeness (QED) is 0.796. The normalized spacial score (nSPS) is 20.8. The van der Waals surface area contributed by atoms with Crippen LogP contribution in [-0.4, -0.2) is 12.6 Å². The Bertz CT molecular complexity index is 304. The number of nitrogens with one attached hydrogen (secondary N) is 1. The molecular weight excluding hydrogens is 182 g/mol. The molecule has 0 unspecified atom stereocenters. The average Bonchev–Trinajstić information content (AvgIpc) is 2.65. The van der Waals surface area contributed by atoms with Crippen LogP contribution in [0, 0.1) is 13.8 Å². The first-order chi connectivity index (χ1) is 7.24. The van der Waals surface area contributed by atoms with Gasteiger partial charge in [0.2, 0.25) is 0 Å². The van der Waals surface area contributed by atoms with Crippen LogP contribution in [0.1, 0.15) is 36.0 Å². The van der Waals surface area contributed by atoms with Gasteiger partial charge in [-0.15, -0.1) is 0 Å². The van der Waals surface area contributed by atoms with E-state index in [1.165, 1.54) is 48.9 Å². The average molecular weight is 203 g/mol. The molecule has 15 heavy (non-hydrogen) atoms. The van der Waals surface area contributed by atoms with Crippen molar-refractivity contribution in [3.63, 3.8) is 0 Å². The fourth-order valence-corrected chi connectivity index (χ4v) is 2.56. The van der Waals surface area contributed by atoms with E-state index >= 15 is 0 Å². The predicted octanol–water partition coefficient (Wildman–Crippen LogP) is 2.99. The van der Waals surface area contributed by atoms with Crippen LogP contribution in [0.15, 0.2) is 18.2 Å². The monoisotopic (exact) mass is 203 g/mol. The van der Waals surface area contributed by atoms with Crippen molar-refractivity contribution in [3.05, 3.63) is 34.9 Å². The molecular formula is C14H21N. The molecule has 1 saturated heterocycles. The van der Waals surface area contributed by atoms with E-state index in [0.717, 1.165) is 6.04 Å². The summed E-state index contributed by atoms with van der Waals surface area (Å²) >= 11 is 0. The minimum absolute atomic E-state index is 0.769. The van der Waals surface area contributed by atoms with E-state index in [9.17, 15) is 0 Å². The summed E-state index contributed by atoms with van der Waals surface area (Å²) in [4.78, 5) is 0. The third-order valence-electron chi connectivity index (χ3n) is 3.23. The molecule has 1 aliphatic heterocycles. The topological polar surface area (TPSA) is 12.0 Å². The van der Waals surface area contributed by atoms with Crippen LogP contribution in [0.3, 0.4) is 0 Å². The third-order valence-corrected chi connectivity index (χ3v) is 3.23. The van der Waals surface area contributed by atoms with Crippen molar-refractivity contribution in [1.82, 2.24) is 5.32 Å². The molecule has 1 nitrogen and oxygen atoms in total. The summed E-state index contributed by atoms with van der Waals surface area (Å²) in [6.45, 7) is 5.59. The maximum absolute atomic E-state index is 3.56.